The van der Waals surface area contributed by atoms with Gasteiger partial charge in [0.2, 0.25) is 5.91 Å². The van der Waals surface area contributed by atoms with Gasteiger partial charge >= 0.3 is 0 Å². The first kappa shape index (κ1) is 11.6. The molecule has 0 aliphatic heterocycles. The normalized spacial score (nSPS) is 25.4. The summed E-state index contributed by atoms with van der Waals surface area (Å²) in [5, 5.41) is 4.27. The highest BCUT2D eigenvalue weighted by molar-refractivity contribution is 9.10. The Kier molecular flexibility index (Phi) is 3.60. The van der Waals surface area contributed by atoms with Crippen LogP contribution >= 0.6 is 15.9 Å². The summed E-state index contributed by atoms with van der Waals surface area (Å²) in [5.41, 5.74) is 2.22. The number of hydrogen-bond donors (Lipinski definition) is 2. The molecule has 0 unspecified atom stereocenters. The lowest BCUT2D eigenvalue weighted by Gasteiger charge is -2.27. The van der Waals surface area contributed by atoms with Crippen LogP contribution in [0, 0.1) is 5.92 Å². The summed E-state index contributed by atoms with van der Waals surface area (Å²) < 4.78 is 2.97. The van der Waals surface area contributed by atoms with Gasteiger partial charge < -0.3 is 0 Å². The summed E-state index contributed by atoms with van der Waals surface area (Å²) in [4.78, 5) is 11.3. The molecule has 5 nitrogen and oxygen atoms in total. The monoisotopic (exact) mass is 286 g/mol. The Morgan fingerprint density at radius 3 is 2.69 bits per heavy atom. The van der Waals surface area contributed by atoms with Crippen LogP contribution in [-0.2, 0) is 4.79 Å². The highest BCUT2D eigenvalue weighted by Gasteiger charge is 2.26. The summed E-state index contributed by atoms with van der Waals surface area (Å²) >= 11 is 3.38. The maximum Gasteiger partial charge on any atom is 0.236 e. The highest BCUT2D eigenvalue weighted by Crippen LogP contribution is 2.32. The van der Waals surface area contributed by atoms with E-state index in [1.165, 1.54) is 0 Å². The zero-order valence-electron chi connectivity index (χ0n) is 8.90. The lowest BCUT2D eigenvalue weighted by atomic mass is 9.85. The fraction of sp³-hybridized carbons (Fsp3) is 0.600. The third-order valence-electron chi connectivity index (χ3n) is 3.15. The predicted molar refractivity (Wildman–Crippen MR) is 63.3 cm³/mol. The number of nitrogens with one attached hydrogen (secondary N) is 1. The molecule has 1 amide bonds. The van der Waals surface area contributed by atoms with E-state index in [1.54, 1.807) is 6.20 Å². The second kappa shape index (κ2) is 4.97. The van der Waals surface area contributed by atoms with Crippen molar-refractivity contribution in [1.82, 2.24) is 15.2 Å². The first-order chi connectivity index (χ1) is 7.70. The zero-order valence-corrected chi connectivity index (χ0v) is 10.5. The van der Waals surface area contributed by atoms with Crippen LogP contribution in [0.4, 0.5) is 0 Å². The van der Waals surface area contributed by atoms with Crippen LogP contribution in [0.1, 0.15) is 31.7 Å². The van der Waals surface area contributed by atoms with Crippen LogP contribution in [0.3, 0.4) is 0 Å². The largest absolute Gasteiger partial charge is 0.294 e. The van der Waals surface area contributed by atoms with Crippen molar-refractivity contribution in [1.29, 1.82) is 0 Å². The Bertz CT molecular complexity index is 371. The molecule has 0 radical (unpaired) electrons. The molecule has 88 valence electrons. The molecule has 2 rings (SSSR count). The zero-order chi connectivity index (χ0) is 11.5. The summed E-state index contributed by atoms with van der Waals surface area (Å²) in [7, 11) is 0. The van der Waals surface area contributed by atoms with Crippen molar-refractivity contribution >= 4 is 21.8 Å². The molecule has 16 heavy (non-hydrogen) atoms. The topological polar surface area (TPSA) is 72.9 Å². The second-order valence-electron chi connectivity index (χ2n) is 4.15. The van der Waals surface area contributed by atoms with E-state index in [1.807, 2.05) is 10.9 Å². The van der Waals surface area contributed by atoms with Gasteiger partial charge in [-0.15, -0.1) is 0 Å². The Morgan fingerprint density at radius 2 is 2.19 bits per heavy atom. The molecule has 1 aromatic heterocycles. The Labute approximate surface area is 102 Å². The third kappa shape index (κ3) is 2.44. The second-order valence-corrected chi connectivity index (χ2v) is 5.07. The molecule has 1 aromatic rings. The third-order valence-corrected chi connectivity index (χ3v) is 3.56. The van der Waals surface area contributed by atoms with Crippen LogP contribution < -0.4 is 11.3 Å². The number of rotatable bonds is 2. The van der Waals surface area contributed by atoms with Gasteiger partial charge in [0.05, 0.1) is 16.7 Å². The number of hydrogen-bond acceptors (Lipinski definition) is 3. The predicted octanol–water partition coefficient (Wildman–Crippen LogP) is 1.37. The van der Waals surface area contributed by atoms with Gasteiger partial charge in [-0.05, 0) is 41.6 Å². The fourth-order valence-corrected chi connectivity index (χ4v) is 2.54. The Balaban J connectivity index is 1.92. The number of nitrogens with two attached hydrogens (primary N) is 1. The van der Waals surface area contributed by atoms with Crippen molar-refractivity contribution in [3.63, 3.8) is 0 Å². The maximum atomic E-state index is 11.3. The molecule has 1 fully saturated rings. The van der Waals surface area contributed by atoms with Crippen LogP contribution in [0.2, 0.25) is 0 Å². The van der Waals surface area contributed by atoms with E-state index < -0.39 is 0 Å². The van der Waals surface area contributed by atoms with E-state index in [-0.39, 0.29) is 11.8 Å². The van der Waals surface area contributed by atoms with Crippen LogP contribution in [0.25, 0.3) is 0 Å². The lowest BCUT2D eigenvalue weighted by molar-refractivity contribution is -0.126. The first-order valence-electron chi connectivity index (χ1n) is 5.41. The van der Waals surface area contributed by atoms with Crippen molar-refractivity contribution in [2.45, 2.75) is 31.7 Å². The molecule has 0 atom stereocenters. The molecule has 0 spiro atoms. The molecule has 0 saturated heterocycles. The van der Waals surface area contributed by atoms with E-state index in [4.69, 9.17) is 5.84 Å². The SMILES string of the molecule is NNC(=O)[C@H]1CC[C@H](n2cc(Br)cn2)CC1. The van der Waals surface area contributed by atoms with Crippen molar-refractivity contribution in [2.75, 3.05) is 0 Å². The number of halogens is 1. The molecule has 0 aromatic carbocycles. The molecule has 1 aliphatic rings. The first-order valence-corrected chi connectivity index (χ1v) is 6.20. The van der Waals surface area contributed by atoms with E-state index in [0.717, 1.165) is 30.2 Å². The van der Waals surface area contributed by atoms with Gasteiger partial charge in [0.25, 0.3) is 0 Å². The quantitative estimate of drug-likeness (QED) is 0.490. The van der Waals surface area contributed by atoms with E-state index in [2.05, 4.69) is 26.5 Å². The number of aromatic nitrogens is 2. The van der Waals surface area contributed by atoms with Crippen LogP contribution in [0.5, 0.6) is 0 Å². The molecule has 0 bridgehead atoms. The number of carbonyl (C=O) groups excluding carboxylic acids is 1. The van der Waals surface area contributed by atoms with Gasteiger partial charge in [-0.25, -0.2) is 5.84 Å². The van der Waals surface area contributed by atoms with E-state index in [0.29, 0.717) is 6.04 Å². The van der Waals surface area contributed by atoms with Crippen molar-refractivity contribution in [3.05, 3.63) is 16.9 Å². The number of amides is 1. The summed E-state index contributed by atoms with van der Waals surface area (Å²) in [6, 6.07) is 0.410. The molecule has 1 aliphatic carbocycles. The van der Waals surface area contributed by atoms with Gasteiger partial charge in [0, 0.05) is 12.1 Å². The van der Waals surface area contributed by atoms with Crippen LogP contribution in [-0.4, -0.2) is 15.7 Å². The average Bonchev–Trinajstić information content (AvgIpc) is 2.75. The smallest absolute Gasteiger partial charge is 0.236 e. The van der Waals surface area contributed by atoms with Gasteiger partial charge in [-0.2, -0.15) is 5.10 Å². The van der Waals surface area contributed by atoms with Gasteiger partial charge in [-0.3, -0.25) is 14.9 Å². The van der Waals surface area contributed by atoms with Gasteiger partial charge in [0.15, 0.2) is 0 Å². The fourth-order valence-electron chi connectivity index (χ4n) is 2.23. The number of nitrogens with zero attached hydrogens (tertiary/aromatic N) is 2. The standard InChI is InChI=1S/C10H15BrN4O/c11-8-5-13-15(6-8)9-3-1-7(2-4-9)10(16)14-12/h5-7,9H,1-4,12H2,(H,14,16)/t7-,9-. The molecule has 1 saturated carbocycles. The highest BCUT2D eigenvalue weighted by atomic mass is 79.9. The molecular weight excluding hydrogens is 272 g/mol. The number of carbonyl (C=O) groups is 1. The van der Waals surface area contributed by atoms with Gasteiger partial charge in [0.1, 0.15) is 0 Å². The van der Waals surface area contributed by atoms with Crippen molar-refractivity contribution in [3.8, 4) is 0 Å². The average molecular weight is 287 g/mol. The van der Waals surface area contributed by atoms with Crippen LogP contribution in [0.15, 0.2) is 16.9 Å². The molecule has 6 heteroatoms. The Morgan fingerprint density at radius 1 is 1.50 bits per heavy atom. The minimum Gasteiger partial charge on any atom is -0.294 e. The Hall–Kier alpha value is -0.880. The summed E-state index contributed by atoms with van der Waals surface area (Å²) in [6.45, 7) is 0. The minimum absolute atomic E-state index is 0.0416. The molecular formula is C10H15BrN4O. The van der Waals surface area contributed by atoms with Crippen molar-refractivity contribution in [2.24, 2.45) is 11.8 Å². The summed E-state index contributed by atoms with van der Waals surface area (Å²) in [6.07, 6.45) is 7.49. The summed E-state index contributed by atoms with van der Waals surface area (Å²) in [5.74, 6) is 5.16. The lowest BCUT2D eigenvalue weighted by Crippen LogP contribution is -2.37. The van der Waals surface area contributed by atoms with Gasteiger partial charge in [-0.1, -0.05) is 0 Å². The maximum absolute atomic E-state index is 11.3. The minimum atomic E-state index is -0.0416. The van der Waals surface area contributed by atoms with E-state index in [9.17, 15) is 4.79 Å². The van der Waals surface area contributed by atoms with Crippen molar-refractivity contribution < 1.29 is 4.79 Å². The molecule has 1 heterocycles. The molecule has 3 N–H and O–H groups in total. The number of hydrazine groups is 1. The van der Waals surface area contributed by atoms with E-state index >= 15 is 0 Å².